The molecule has 6 atom stereocenters. The number of hydrogen-bond donors (Lipinski definition) is 4. The Labute approximate surface area is 446 Å². The first-order valence-corrected chi connectivity index (χ1v) is 24.3. The Kier molecular flexibility index (Phi) is 72.7. The van der Waals surface area contributed by atoms with Crippen molar-refractivity contribution in [3.63, 3.8) is 0 Å². The first kappa shape index (κ1) is 76.8. The predicted octanol–water partition coefficient (Wildman–Crippen LogP) is 12.0. The molecule has 4 amide bonds. The van der Waals surface area contributed by atoms with Crippen LogP contribution in [0.3, 0.4) is 0 Å². The van der Waals surface area contributed by atoms with Crippen LogP contribution < -0.4 is 21.3 Å². The maximum atomic E-state index is 12.7. The van der Waals surface area contributed by atoms with Gasteiger partial charge in [0.25, 0.3) is 0 Å². The minimum atomic E-state index is -0.586. The van der Waals surface area contributed by atoms with Crippen LogP contribution in [-0.2, 0) is 28.8 Å². The zero-order valence-corrected chi connectivity index (χ0v) is 49.4. The molecule has 0 fully saturated rings. The topological polar surface area (TPSA) is 151 Å². The van der Waals surface area contributed by atoms with Crippen LogP contribution in [0.15, 0.2) is 0 Å². The fourth-order valence-corrected chi connectivity index (χ4v) is 6.09. The molecule has 370 valence electrons. The Morgan fingerprint density at radius 2 is 0.619 bits per heavy atom. The van der Waals surface area contributed by atoms with Crippen LogP contribution in [0.4, 0.5) is 0 Å². The summed E-state index contributed by atoms with van der Waals surface area (Å²) in [7, 11) is 0. The third-order valence-electron chi connectivity index (χ3n) is 9.95. The molecule has 6 unspecified atom stereocenters. The molecule has 2 radical (unpaired) electrons. The summed E-state index contributed by atoms with van der Waals surface area (Å²) in [6, 6.07) is -2.31. The van der Waals surface area contributed by atoms with Crippen LogP contribution in [0, 0.1) is 95.9 Å². The molecule has 0 heterocycles. The molecule has 63 heavy (non-hydrogen) atoms. The van der Waals surface area contributed by atoms with Crippen molar-refractivity contribution in [1.29, 1.82) is 0 Å². The molecular formula is C51H100La2N4O6-4. The summed E-state index contributed by atoms with van der Waals surface area (Å²) < 4.78 is 0. The van der Waals surface area contributed by atoms with E-state index in [0.717, 1.165) is 128 Å². The molecule has 0 aliphatic heterocycles. The van der Waals surface area contributed by atoms with E-state index in [1.54, 1.807) is 0 Å². The van der Waals surface area contributed by atoms with Crippen molar-refractivity contribution in [2.75, 3.05) is 0 Å². The molecule has 0 bridgehead atoms. The van der Waals surface area contributed by atoms with Crippen LogP contribution in [0.25, 0.3) is 0 Å². The normalized spacial score (nSPS) is 12.8. The number of unbranched alkanes of at least 4 members (excludes halogenated alkanes) is 12. The quantitative estimate of drug-likeness (QED) is 0.0372. The van der Waals surface area contributed by atoms with E-state index in [1.807, 2.05) is 67.0 Å². The molecule has 0 aromatic carbocycles. The third kappa shape index (κ3) is 50.9. The molecule has 0 rings (SSSR count). The van der Waals surface area contributed by atoms with Crippen LogP contribution in [-0.4, -0.2) is 60.4 Å². The number of rotatable bonds is 34. The largest absolute Gasteiger partial charge is 0.540 e. The van der Waals surface area contributed by atoms with E-state index in [1.165, 1.54) is 0 Å². The molecule has 0 saturated carbocycles. The van der Waals surface area contributed by atoms with Crippen LogP contribution in [0.1, 0.15) is 245 Å². The molecule has 10 nitrogen and oxygen atoms in total. The Morgan fingerprint density at radius 3 is 0.841 bits per heavy atom. The SMILES string of the molecule is C.CCCCCC([C-]=O)NC(=O)C(CCCCC)NC(=O)C(C)CCCCC.CCCCCC([C-]=O)NC(=O)C(CCCCC)NC(=O)C(C)CCCCC.C[CH-]C.C[CH-]C.[La].[La]. The molecule has 0 saturated heterocycles. The predicted molar refractivity (Wildman–Crippen MR) is 260 cm³/mol. The molecule has 12 heteroatoms. The fraction of sp³-hybridized carbons (Fsp3) is 0.843. The summed E-state index contributed by atoms with van der Waals surface area (Å²) in [6.07, 6.45) is 30.3. The second-order valence-corrected chi connectivity index (χ2v) is 16.4. The van der Waals surface area contributed by atoms with E-state index in [-0.39, 0.29) is 114 Å². The average Bonchev–Trinajstić information content (AvgIpc) is 3.23. The van der Waals surface area contributed by atoms with E-state index in [4.69, 9.17) is 0 Å². The van der Waals surface area contributed by atoms with Gasteiger partial charge in [-0.1, -0.05) is 203 Å². The van der Waals surface area contributed by atoms with Crippen LogP contribution >= 0.6 is 0 Å². The number of amides is 4. The Bertz CT molecular complexity index is 944. The van der Waals surface area contributed by atoms with E-state index in [0.29, 0.717) is 25.7 Å². The standard InChI is InChI=1S/2C22H41N2O3.2C3H7.CH4.2La/c2*1-5-8-11-14-18(4)21(26)24-20(16-13-10-7-3)22(27)23-19(17-25)15-12-9-6-2;2*1-3-2;;;/h2*18-20H,5-16H2,1-4H3,(H,23,27)(H,24,26);2*3H,1-2H3;1H4;;/q4*-1;;;. The van der Waals surface area contributed by atoms with Gasteiger partial charge < -0.3 is 43.7 Å². The van der Waals surface area contributed by atoms with Crippen molar-refractivity contribution in [2.24, 2.45) is 11.8 Å². The van der Waals surface area contributed by atoms with Gasteiger partial charge in [-0.05, 0) is 25.7 Å². The molecule has 0 aliphatic rings. The van der Waals surface area contributed by atoms with Gasteiger partial charge in [0, 0.05) is 83.0 Å². The van der Waals surface area contributed by atoms with E-state index < -0.39 is 24.2 Å². The minimum Gasteiger partial charge on any atom is -0.540 e. The minimum absolute atomic E-state index is 0. The second kappa shape index (κ2) is 59.6. The zero-order valence-electron chi connectivity index (χ0n) is 42.2. The Morgan fingerprint density at radius 1 is 0.397 bits per heavy atom. The monoisotopic (exact) mass is 1140 g/mol. The van der Waals surface area contributed by atoms with Crippen molar-refractivity contribution >= 4 is 36.2 Å². The van der Waals surface area contributed by atoms with E-state index >= 15 is 0 Å². The number of nitrogens with one attached hydrogen (secondary N) is 4. The first-order valence-electron chi connectivity index (χ1n) is 24.3. The number of carbonyl (C=O) groups excluding carboxylic acids is 6. The maximum Gasteiger partial charge on any atom is 0.240 e. The maximum absolute atomic E-state index is 12.7. The molecule has 0 aromatic rings. The Balaban J connectivity index is -0.000000169. The van der Waals surface area contributed by atoms with Gasteiger partial charge in [0.2, 0.25) is 23.6 Å². The van der Waals surface area contributed by atoms with Crippen molar-refractivity contribution in [1.82, 2.24) is 21.3 Å². The second-order valence-electron chi connectivity index (χ2n) is 16.4. The van der Waals surface area contributed by atoms with Gasteiger partial charge in [0.15, 0.2) is 0 Å². The Hall–Kier alpha value is -0.390. The summed E-state index contributed by atoms with van der Waals surface area (Å²) in [4.78, 5) is 72.6. The summed E-state index contributed by atoms with van der Waals surface area (Å²) >= 11 is 0. The molecule has 0 aromatic heterocycles. The summed E-state index contributed by atoms with van der Waals surface area (Å²) in [6.45, 7) is 24.5. The van der Waals surface area contributed by atoms with Gasteiger partial charge in [0.1, 0.15) is 12.1 Å². The molecular weight excluding hydrogens is 1040 g/mol. The van der Waals surface area contributed by atoms with Crippen molar-refractivity contribution < 1.29 is 100.0 Å². The number of hydrogen-bond acceptors (Lipinski definition) is 6. The summed E-state index contributed by atoms with van der Waals surface area (Å²) in [5, 5.41) is 11.4. The van der Waals surface area contributed by atoms with Crippen LogP contribution in [0.5, 0.6) is 0 Å². The summed E-state index contributed by atoms with van der Waals surface area (Å²) in [5.74, 6) is -0.858. The van der Waals surface area contributed by atoms with Crippen LogP contribution in [0.2, 0.25) is 0 Å². The first-order chi connectivity index (χ1) is 28.8. The summed E-state index contributed by atoms with van der Waals surface area (Å²) in [5.41, 5.74) is 0. The van der Waals surface area contributed by atoms with Gasteiger partial charge in [0.05, 0.1) is 0 Å². The van der Waals surface area contributed by atoms with E-state index in [9.17, 15) is 28.8 Å². The van der Waals surface area contributed by atoms with E-state index in [2.05, 4.69) is 62.8 Å². The van der Waals surface area contributed by atoms with Gasteiger partial charge in [-0.25, -0.2) is 12.6 Å². The van der Waals surface area contributed by atoms with Gasteiger partial charge in [-0.15, -0.1) is 0 Å². The molecule has 0 aliphatic carbocycles. The fourth-order valence-electron chi connectivity index (χ4n) is 6.09. The van der Waals surface area contributed by atoms with Gasteiger partial charge in [-0.2, -0.15) is 27.7 Å². The van der Waals surface area contributed by atoms with Crippen molar-refractivity contribution in [3.8, 4) is 0 Å². The number of carbonyl (C=O) groups is 4. The van der Waals surface area contributed by atoms with Crippen molar-refractivity contribution in [3.05, 3.63) is 12.8 Å². The average molecular weight is 1140 g/mol. The van der Waals surface area contributed by atoms with Crippen molar-refractivity contribution in [2.45, 2.75) is 269 Å². The molecule has 4 N–H and O–H groups in total. The van der Waals surface area contributed by atoms with Gasteiger partial charge >= 0.3 is 0 Å². The molecule has 0 spiro atoms. The zero-order chi connectivity index (χ0) is 46.4. The smallest absolute Gasteiger partial charge is 0.240 e. The van der Waals surface area contributed by atoms with Gasteiger partial charge in [-0.3, -0.25) is 19.2 Å². The third-order valence-corrected chi connectivity index (χ3v) is 9.95.